The van der Waals surface area contributed by atoms with Crippen molar-refractivity contribution >= 4 is 11.8 Å². The SMILES string of the molecule is CCN(CC)C(=O)[C@H]1CCCN(Cc2ccc(C(=O)NCC3C4CC5CC(C4)CC3C5)c(=O)[nH]2)C1. The number of rotatable bonds is 8. The van der Waals surface area contributed by atoms with E-state index >= 15 is 0 Å². The maximum absolute atomic E-state index is 12.9. The second-order valence-electron chi connectivity index (χ2n) is 11.6. The Kier molecular flexibility index (Phi) is 7.33. The molecule has 6 rings (SSSR count). The molecule has 4 bridgehead atoms. The second-order valence-corrected chi connectivity index (χ2v) is 11.6. The number of nitrogens with zero attached hydrogens (tertiary/aromatic N) is 2. The van der Waals surface area contributed by atoms with Gasteiger partial charge in [-0.1, -0.05) is 0 Å². The van der Waals surface area contributed by atoms with E-state index in [0.717, 1.165) is 61.8 Å². The first-order chi connectivity index (χ1) is 16.9. The lowest BCUT2D eigenvalue weighted by molar-refractivity contribution is -0.137. The first-order valence-corrected chi connectivity index (χ1v) is 14.0. The first-order valence-electron chi connectivity index (χ1n) is 14.0. The number of piperidine rings is 1. The van der Waals surface area contributed by atoms with Crippen molar-refractivity contribution in [2.24, 2.45) is 35.5 Å². The number of pyridine rings is 1. The van der Waals surface area contributed by atoms with E-state index in [1.807, 2.05) is 24.8 Å². The number of nitrogens with one attached hydrogen (secondary N) is 2. The molecule has 7 nitrogen and oxygen atoms in total. The van der Waals surface area contributed by atoms with E-state index in [1.165, 1.54) is 32.1 Å². The smallest absolute Gasteiger partial charge is 0.261 e. The number of aromatic nitrogens is 1. The molecular formula is C28H42N4O3. The Morgan fingerprint density at radius 3 is 2.37 bits per heavy atom. The Morgan fingerprint density at radius 2 is 1.74 bits per heavy atom. The fraction of sp³-hybridized carbons (Fsp3) is 0.750. The standard InChI is InChI=1S/C28H42N4O3/c1-3-32(4-2)28(35)20-6-5-9-31(16-20)17-23-7-8-24(27(34)30-23)26(33)29-15-25-21-11-18-10-19(13-21)14-22(25)12-18/h7-8,18-22,25H,3-6,9-17H2,1-2H3,(H,29,33)(H,30,34)/t18?,19?,20-,21?,22?,25?/m0/s1. The molecule has 5 aliphatic rings. The molecular weight excluding hydrogens is 440 g/mol. The molecule has 4 aliphatic carbocycles. The summed E-state index contributed by atoms with van der Waals surface area (Å²) in [7, 11) is 0. The molecule has 5 fully saturated rings. The minimum Gasteiger partial charge on any atom is -0.352 e. The minimum absolute atomic E-state index is 0.0191. The highest BCUT2D eigenvalue weighted by Gasteiger charge is 2.48. The van der Waals surface area contributed by atoms with E-state index < -0.39 is 0 Å². The molecule has 1 aromatic heterocycles. The van der Waals surface area contributed by atoms with Crippen LogP contribution in [0, 0.1) is 35.5 Å². The van der Waals surface area contributed by atoms with Gasteiger partial charge in [0.05, 0.1) is 5.92 Å². The van der Waals surface area contributed by atoms with Crippen molar-refractivity contribution in [3.63, 3.8) is 0 Å². The van der Waals surface area contributed by atoms with E-state index in [2.05, 4.69) is 15.2 Å². The predicted molar refractivity (Wildman–Crippen MR) is 136 cm³/mol. The zero-order valence-electron chi connectivity index (χ0n) is 21.4. The number of H-pyrrole nitrogens is 1. The Morgan fingerprint density at radius 1 is 1.06 bits per heavy atom. The van der Waals surface area contributed by atoms with Gasteiger partial charge in [0.1, 0.15) is 5.56 Å². The summed E-state index contributed by atoms with van der Waals surface area (Å²) in [6.07, 6.45) is 8.67. The monoisotopic (exact) mass is 482 g/mol. The molecule has 1 aliphatic heterocycles. The average Bonchev–Trinajstić information content (AvgIpc) is 2.84. The quantitative estimate of drug-likeness (QED) is 0.596. The largest absolute Gasteiger partial charge is 0.352 e. The zero-order chi connectivity index (χ0) is 24.5. The summed E-state index contributed by atoms with van der Waals surface area (Å²) < 4.78 is 0. The van der Waals surface area contributed by atoms with Gasteiger partial charge in [0, 0.05) is 38.4 Å². The molecule has 35 heavy (non-hydrogen) atoms. The minimum atomic E-state index is -0.321. The van der Waals surface area contributed by atoms with Crippen molar-refractivity contribution in [3.05, 3.63) is 33.7 Å². The van der Waals surface area contributed by atoms with Gasteiger partial charge in [0.25, 0.3) is 11.5 Å². The fourth-order valence-corrected chi connectivity index (χ4v) is 7.90. The van der Waals surface area contributed by atoms with Crippen LogP contribution in [0.2, 0.25) is 0 Å². The molecule has 1 aromatic rings. The number of aromatic amines is 1. The summed E-state index contributed by atoms with van der Waals surface area (Å²) in [5, 5.41) is 3.10. The third-order valence-electron chi connectivity index (χ3n) is 9.46. The average molecular weight is 483 g/mol. The molecule has 2 N–H and O–H groups in total. The fourth-order valence-electron chi connectivity index (χ4n) is 7.90. The summed E-state index contributed by atoms with van der Waals surface area (Å²) in [5.74, 6) is 3.94. The zero-order valence-corrected chi connectivity index (χ0v) is 21.4. The normalized spacial score (nSPS) is 31.9. The summed E-state index contributed by atoms with van der Waals surface area (Å²) >= 11 is 0. The van der Waals surface area contributed by atoms with Crippen molar-refractivity contribution in [1.82, 2.24) is 20.1 Å². The number of hydrogen-bond donors (Lipinski definition) is 2. The lowest BCUT2D eigenvalue weighted by Crippen LogP contribution is -2.49. The molecule has 0 spiro atoms. The van der Waals surface area contributed by atoms with Gasteiger partial charge in [-0.3, -0.25) is 19.3 Å². The maximum atomic E-state index is 12.9. The second kappa shape index (κ2) is 10.5. The van der Waals surface area contributed by atoms with Gasteiger partial charge in [-0.25, -0.2) is 0 Å². The number of carbonyl (C=O) groups is 2. The van der Waals surface area contributed by atoms with Crippen LogP contribution in [0.5, 0.6) is 0 Å². The number of carbonyl (C=O) groups excluding carboxylic acids is 2. The van der Waals surface area contributed by atoms with Crippen molar-refractivity contribution in [2.45, 2.75) is 65.3 Å². The first kappa shape index (κ1) is 24.5. The predicted octanol–water partition coefficient (Wildman–Crippen LogP) is 3.26. The Hall–Kier alpha value is -2.15. The van der Waals surface area contributed by atoms with Crippen LogP contribution in [0.4, 0.5) is 0 Å². The van der Waals surface area contributed by atoms with Crippen molar-refractivity contribution in [1.29, 1.82) is 0 Å². The lowest BCUT2D eigenvalue weighted by atomic mass is 9.52. The van der Waals surface area contributed by atoms with E-state index in [1.54, 1.807) is 6.07 Å². The molecule has 2 amide bonds. The lowest BCUT2D eigenvalue weighted by Gasteiger charge is -2.54. The van der Waals surface area contributed by atoms with Gasteiger partial charge < -0.3 is 15.2 Å². The summed E-state index contributed by atoms with van der Waals surface area (Å²) in [6, 6.07) is 3.53. The summed E-state index contributed by atoms with van der Waals surface area (Å²) in [4.78, 5) is 45.5. The molecule has 7 heteroatoms. The molecule has 2 heterocycles. The van der Waals surface area contributed by atoms with Gasteiger partial charge in [-0.05, 0) is 107 Å². The van der Waals surface area contributed by atoms with Crippen LogP contribution in [0.1, 0.15) is 74.8 Å². The molecule has 192 valence electrons. The van der Waals surface area contributed by atoms with E-state index in [-0.39, 0.29) is 28.9 Å². The van der Waals surface area contributed by atoms with E-state index in [9.17, 15) is 14.4 Å². The van der Waals surface area contributed by atoms with Crippen LogP contribution in [-0.4, -0.2) is 59.3 Å². The van der Waals surface area contributed by atoms with Gasteiger partial charge in [-0.15, -0.1) is 0 Å². The Bertz CT molecular complexity index is 957. The molecule has 4 saturated carbocycles. The number of amides is 2. The van der Waals surface area contributed by atoms with Crippen LogP contribution in [0.3, 0.4) is 0 Å². The third kappa shape index (κ3) is 5.20. The summed E-state index contributed by atoms with van der Waals surface area (Å²) in [6.45, 7) is 8.44. The molecule has 0 radical (unpaired) electrons. The highest BCUT2D eigenvalue weighted by Crippen LogP contribution is 2.56. The highest BCUT2D eigenvalue weighted by molar-refractivity contribution is 5.93. The molecule has 0 aromatic carbocycles. The molecule has 1 atom stereocenters. The Balaban J connectivity index is 1.15. The van der Waals surface area contributed by atoms with Gasteiger partial charge >= 0.3 is 0 Å². The number of hydrogen-bond acceptors (Lipinski definition) is 4. The van der Waals surface area contributed by atoms with Crippen molar-refractivity contribution in [2.75, 3.05) is 32.7 Å². The van der Waals surface area contributed by atoms with Crippen molar-refractivity contribution in [3.8, 4) is 0 Å². The van der Waals surface area contributed by atoms with Crippen LogP contribution in [0.15, 0.2) is 16.9 Å². The van der Waals surface area contributed by atoms with Gasteiger partial charge in [0.15, 0.2) is 0 Å². The topological polar surface area (TPSA) is 85.5 Å². The van der Waals surface area contributed by atoms with Gasteiger partial charge in [-0.2, -0.15) is 0 Å². The molecule has 0 unspecified atom stereocenters. The highest BCUT2D eigenvalue weighted by atomic mass is 16.2. The van der Waals surface area contributed by atoms with Crippen LogP contribution in [0.25, 0.3) is 0 Å². The van der Waals surface area contributed by atoms with Gasteiger partial charge in [0.2, 0.25) is 5.91 Å². The van der Waals surface area contributed by atoms with Crippen LogP contribution in [-0.2, 0) is 11.3 Å². The van der Waals surface area contributed by atoms with Crippen LogP contribution < -0.4 is 10.9 Å². The van der Waals surface area contributed by atoms with Crippen LogP contribution >= 0.6 is 0 Å². The van der Waals surface area contributed by atoms with E-state index in [4.69, 9.17) is 0 Å². The Labute approximate surface area is 209 Å². The van der Waals surface area contributed by atoms with E-state index in [0.29, 0.717) is 25.6 Å². The van der Waals surface area contributed by atoms with Crippen molar-refractivity contribution < 1.29 is 9.59 Å². The number of likely N-dealkylation sites (tertiary alicyclic amines) is 1. The summed E-state index contributed by atoms with van der Waals surface area (Å²) in [5.41, 5.74) is 0.673. The molecule has 1 saturated heterocycles. The maximum Gasteiger partial charge on any atom is 0.261 e. The third-order valence-corrected chi connectivity index (χ3v) is 9.46.